The van der Waals surface area contributed by atoms with Crippen LogP contribution in [-0.4, -0.2) is 49.7 Å². The Labute approximate surface area is 84.6 Å². The second-order valence-corrected chi connectivity index (χ2v) is 4.07. The molecular formula is C10H18N2O2. The number of carbonyl (C=O) groups is 1. The molecule has 0 unspecified atom stereocenters. The van der Waals surface area contributed by atoms with Crippen LogP contribution in [0.5, 0.6) is 0 Å². The van der Waals surface area contributed by atoms with Gasteiger partial charge in [-0.15, -0.1) is 0 Å². The Bertz CT molecular complexity index is 198. The van der Waals surface area contributed by atoms with Crippen LogP contribution in [0.1, 0.15) is 19.3 Å². The Morgan fingerprint density at radius 2 is 2.07 bits per heavy atom. The summed E-state index contributed by atoms with van der Waals surface area (Å²) in [4.78, 5) is 13.6. The van der Waals surface area contributed by atoms with E-state index in [9.17, 15) is 4.79 Å². The molecule has 0 aromatic rings. The van der Waals surface area contributed by atoms with Crippen molar-refractivity contribution in [3.8, 4) is 0 Å². The van der Waals surface area contributed by atoms with E-state index < -0.39 is 0 Å². The van der Waals surface area contributed by atoms with E-state index in [2.05, 4.69) is 10.2 Å². The molecule has 4 heteroatoms. The topological polar surface area (TPSA) is 41.6 Å². The van der Waals surface area contributed by atoms with Gasteiger partial charge in [0.15, 0.2) is 0 Å². The summed E-state index contributed by atoms with van der Waals surface area (Å²) in [5.41, 5.74) is 0. The van der Waals surface area contributed by atoms with Gasteiger partial charge in [0.1, 0.15) is 6.10 Å². The van der Waals surface area contributed by atoms with E-state index in [1.807, 2.05) is 0 Å². The third-order valence-corrected chi connectivity index (χ3v) is 2.91. The summed E-state index contributed by atoms with van der Waals surface area (Å²) in [6, 6.07) is 0. The van der Waals surface area contributed by atoms with E-state index >= 15 is 0 Å². The van der Waals surface area contributed by atoms with Crippen LogP contribution in [0, 0.1) is 0 Å². The monoisotopic (exact) mass is 198 g/mol. The second-order valence-electron chi connectivity index (χ2n) is 4.07. The van der Waals surface area contributed by atoms with E-state index in [1.54, 1.807) is 0 Å². The van der Waals surface area contributed by atoms with Gasteiger partial charge in [-0.25, -0.2) is 0 Å². The molecule has 0 spiro atoms. The molecular weight excluding hydrogens is 180 g/mol. The highest BCUT2D eigenvalue weighted by Gasteiger charge is 2.23. The molecule has 2 rings (SSSR count). The summed E-state index contributed by atoms with van der Waals surface area (Å²) in [7, 11) is 0. The number of nitrogens with one attached hydrogen (secondary N) is 1. The maximum atomic E-state index is 11.4. The maximum absolute atomic E-state index is 11.4. The van der Waals surface area contributed by atoms with Crippen molar-refractivity contribution in [1.82, 2.24) is 10.2 Å². The van der Waals surface area contributed by atoms with Crippen molar-refractivity contribution in [3.63, 3.8) is 0 Å². The molecule has 1 heterocycles. The highest BCUT2D eigenvalue weighted by molar-refractivity contribution is 5.71. The molecule has 0 aromatic heterocycles. The molecule has 14 heavy (non-hydrogen) atoms. The Kier molecular flexibility index (Phi) is 3.37. The van der Waals surface area contributed by atoms with Gasteiger partial charge in [-0.3, -0.25) is 9.69 Å². The number of piperazine rings is 1. The van der Waals surface area contributed by atoms with Gasteiger partial charge in [0.25, 0.3) is 0 Å². The molecule has 1 saturated carbocycles. The van der Waals surface area contributed by atoms with Gasteiger partial charge < -0.3 is 10.1 Å². The lowest BCUT2D eigenvalue weighted by Gasteiger charge is -2.29. The van der Waals surface area contributed by atoms with Crippen LogP contribution >= 0.6 is 0 Å². The molecule has 0 bridgehead atoms. The van der Waals surface area contributed by atoms with Crippen LogP contribution in [0.4, 0.5) is 0 Å². The Morgan fingerprint density at radius 3 is 2.64 bits per heavy atom. The van der Waals surface area contributed by atoms with E-state index in [1.165, 1.54) is 6.42 Å². The standard InChI is InChI=1S/C10H18N2O2/c13-10(14-9-2-1-3-9)8-12-6-4-11-5-7-12/h9,11H,1-8H2. The first kappa shape index (κ1) is 9.93. The lowest BCUT2D eigenvalue weighted by Crippen LogP contribution is -2.46. The molecule has 0 aromatic carbocycles. The van der Waals surface area contributed by atoms with Crippen LogP contribution < -0.4 is 5.32 Å². The minimum absolute atomic E-state index is 0.0448. The first-order valence-electron chi connectivity index (χ1n) is 5.47. The third kappa shape index (κ3) is 2.69. The average molecular weight is 198 g/mol. The second kappa shape index (κ2) is 4.75. The molecule has 80 valence electrons. The summed E-state index contributed by atoms with van der Waals surface area (Å²) < 4.78 is 5.29. The van der Waals surface area contributed by atoms with E-state index in [0.717, 1.165) is 39.0 Å². The zero-order valence-corrected chi connectivity index (χ0v) is 8.50. The molecule has 1 aliphatic heterocycles. The number of hydrogen-bond acceptors (Lipinski definition) is 4. The van der Waals surface area contributed by atoms with Gasteiger partial charge >= 0.3 is 5.97 Å². The highest BCUT2D eigenvalue weighted by atomic mass is 16.5. The van der Waals surface area contributed by atoms with Crippen LogP contribution in [0.25, 0.3) is 0 Å². The summed E-state index contributed by atoms with van der Waals surface area (Å²) in [5, 5.41) is 3.26. The number of hydrogen-bond donors (Lipinski definition) is 1. The van der Waals surface area contributed by atoms with Gasteiger partial charge in [0, 0.05) is 26.2 Å². The van der Waals surface area contributed by atoms with Crippen molar-refractivity contribution in [2.24, 2.45) is 0 Å². The molecule has 0 atom stereocenters. The van der Waals surface area contributed by atoms with Crippen molar-refractivity contribution < 1.29 is 9.53 Å². The summed E-state index contributed by atoms with van der Waals surface area (Å²) in [6.07, 6.45) is 3.57. The fourth-order valence-corrected chi connectivity index (χ4v) is 1.76. The largest absolute Gasteiger partial charge is 0.461 e. The average Bonchev–Trinajstić information content (AvgIpc) is 2.13. The summed E-state index contributed by atoms with van der Waals surface area (Å²) in [5.74, 6) is -0.0448. The molecule has 1 saturated heterocycles. The normalized spacial score (nSPS) is 24.3. The highest BCUT2D eigenvalue weighted by Crippen LogP contribution is 2.21. The first-order chi connectivity index (χ1) is 6.84. The van der Waals surface area contributed by atoms with Crippen molar-refractivity contribution in [1.29, 1.82) is 0 Å². The first-order valence-corrected chi connectivity index (χ1v) is 5.47. The molecule has 1 N–H and O–H groups in total. The molecule has 4 nitrogen and oxygen atoms in total. The zero-order valence-electron chi connectivity index (χ0n) is 8.50. The number of rotatable bonds is 3. The van der Waals surface area contributed by atoms with E-state index in [0.29, 0.717) is 6.54 Å². The Morgan fingerprint density at radius 1 is 1.36 bits per heavy atom. The predicted molar refractivity (Wildman–Crippen MR) is 53.0 cm³/mol. The maximum Gasteiger partial charge on any atom is 0.320 e. The van der Waals surface area contributed by atoms with Crippen molar-refractivity contribution >= 4 is 5.97 Å². The van der Waals surface area contributed by atoms with Crippen molar-refractivity contribution in [2.45, 2.75) is 25.4 Å². The predicted octanol–water partition coefficient (Wildman–Crippen LogP) is -0.0127. The molecule has 2 aliphatic rings. The summed E-state index contributed by atoms with van der Waals surface area (Å²) in [6.45, 7) is 4.35. The lowest BCUT2D eigenvalue weighted by molar-refractivity contribution is -0.154. The van der Waals surface area contributed by atoms with Crippen molar-refractivity contribution in [2.75, 3.05) is 32.7 Å². The molecule has 0 amide bonds. The van der Waals surface area contributed by atoms with E-state index in [-0.39, 0.29) is 12.1 Å². The SMILES string of the molecule is O=C(CN1CCNCC1)OC1CCC1. The molecule has 1 aliphatic carbocycles. The van der Waals surface area contributed by atoms with E-state index in [4.69, 9.17) is 4.74 Å². The van der Waals surface area contributed by atoms with Crippen LogP contribution in [-0.2, 0) is 9.53 Å². The number of nitrogens with zero attached hydrogens (tertiary/aromatic N) is 1. The third-order valence-electron chi connectivity index (χ3n) is 2.91. The number of esters is 1. The minimum Gasteiger partial charge on any atom is -0.461 e. The van der Waals surface area contributed by atoms with Gasteiger partial charge in [-0.1, -0.05) is 0 Å². The lowest BCUT2D eigenvalue weighted by atomic mass is 9.96. The van der Waals surface area contributed by atoms with Gasteiger partial charge in [-0.05, 0) is 19.3 Å². The number of carbonyl (C=O) groups excluding carboxylic acids is 1. The molecule has 0 radical (unpaired) electrons. The Balaban J connectivity index is 1.64. The fraction of sp³-hybridized carbons (Fsp3) is 0.900. The fourth-order valence-electron chi connectivity index (χ4n) is 1.76. The van der Waals surface area contributed by atoms with Crippen molar-refractivity contribution in [3.05, 3.63) is 0 Å². The van der Waals surface area contributed by atoms with Gasteiger partial charge in [-0.2, -0.15) is 0 Å². The summed E-state index contributed by atoms with van der Waals surface area (Å²) >= 11 is 0. The van der Waals surface area contributed by atoms with Gasteiger partial charge in [0.2, 0.25) is 0 Å². The molecule has 2 fully saturated rings. The zero-order chi connectivity index (χ0) is 9.80. The number of ether oxygens (including phenoxy) is 1. The van der Waals surface area contributed by atoms with Crippen LogP contribution in [0.15, 0.2) is 0 Å². The quantitative estimate of drug-likeness (QED) is 0.647. The van der Waals surface area contributed by atoms with Crippen LogP contribution in [0.2, 0.25) is 0 Å². The van der Waals surface area contributed by atoms with Crippen LogP contribution in [0.3, 0.4) is 0 Å². The van der Waals surface area contributed by atoms with Gasteiger partial charge in [0.05, 0.1) is 6.54 Å². The smallest absolute Gasteiger partial charge is 0.320 e. The Hall–Kier alpha value is -0.610. The minimum atomic E-state index is -0.0448.